The van der Waals surface area contributed by atoms with E-state index in [4.69, 9.17) is 5.26 Å². The highest BCUT2D eigenvalue weighted by molar-refractivity contribution is 5.90. The molecule has 2 rings (SSSR count). The Labute approximate surface area is 113 Å². The van der Waals surface area contributed by atoms with E-state index in [1.54, 1.807) is 6.07 Å². The first-order valence-electron chi connectivity index (χ1n) is 6.66. The quantitative estimate of drug-likeness (QED) is 0.884. The smallest absolute Gasteiger partial charge is 0.232 e. The van der Waals surface area contributed by atoms with Gasteiger partial charge in [-0.15, -0.1) is 0 Å². The van der Waals surface area contributed by atoms with Crippen molar-refractivity contribution >= 4 is 5.91 Å². The number of nitriles is 1. The Morgan fingerprint density at radius 3 is 2.47 bits per heavy atom. The maximum absolute atomic E-state index is 12.5. The van der Waals surface area contributed by atoms with Gasteiger partial charge in [0.05, 0.1) is 16.6 Å². The summed E-state index contributed by atoms with van der Waals surface area (Å²) >= 11 is 0. The highest BCUT2D eigenvalue weighted by atomic mass is 16.2. The predicted molar refractivity (Wildman–Crippen MR) is 72.4 cm³/mol. The summed E-state index contributed by atoms with van der Waals surface area (Å²) < 4.78 is 0. The van der Waals surface area contributed by atoms with Crippen LogP contribution in [-0.2, 0) is 15.7 Å². The summed E-state index contributed by atoms with van der Waals surface area (Å²) in [7, 11) is 0. The molecule has 1 aromatic rings. The minimum absolute atomic E-state index is 0.0117. The topological polar surface area (TPSA) is 65.8 Å². The molecule has 1 N–H and O–H groups in total. The molecule has 100 valence electrons. The predicted octanol–water partition coefficient (Wildman–Crippen LogP) is 2.38. The van der Waals surface area contributed by atoms with Gasteiger partial charge in [0.1, 0.15) is 11.8 Å². The number of hydrogen-bond acceptors (Lipinski definition) is 3. The van der Waals surface area contributed by atoms with Crippen molar-refractivity contribution < 1.29 is 4.79 Å². The fourth-order valence-electron chi connectivity index (χ4n) is 2.87. The van der Waals surface area contributed by atoms with Crippen LogP contribution in [0.15, 0.2) is 12.1 Å². The average Bonchev–Trinajstić information content (AvgIpc) is 2.39. The highest BCUT2D eigenvalue weighted by Crippen LogP contribution is 2.41. The largest absolute Gasteiger partial charge is 0.346 e. The summed E-state index contributed by atoms with van der Waals surface area (Å²) in [6.45, 7) is 7.91. The molecule has 0 spiro atoms. The second-order valence-corrected chi connectivity index (χ2v) is 5.57. The third-order valence-electron chi connectivity index (χ3n) is 4.20. The van der Waals surface area contributed by atoms with Crippen LogP contribution in [0.2, 0.25) is 0 Å². The molecule has 1 aliphatic heterocycles. The van der Waals surface area contributed by atoms with Crippen molar-refractivity contribution in [3.63, 3.8) is 0 Å². The molecule has 4 heteroatoms. The summed E-state index contributed by atoms with van der Waals surface area (Å²) in [5.74, 6) is 0.0117. The van der Waals surface area contributed by atoms with Crippen molar-refractivity contribution in [3.8, 4) is 6.07 Å². The van der Waals surface area contributed by atoms with Crippen LogP contribution in [0.4, 0.5) is 0 Å². The van der Waals surface area contributed by atoms with Crippen molar-refractivity contribution in [2.45, 2.75) is 51.5 Å². The Balaban J connectivity index is 2.77. The molecule has 0 aromatic carbocycles. The first kappa shape index (κ1) is 13.5. The zero-order chi connectivity index (χ0) is 14.3. The van der Waals surface area contributed by atoms with Gasteiger partial charge < -0.3 is 5.32 Å². The van der Waals surface area contributed by atoms with Gasteiger partial charge in [0.15, 0.2) is 0 Å². The number of nitrogens with one attached hydrogen (secondary N) is 1. The Morgan fingerprint density at radius 1 is 1.32 bits per heavy atom. The van der Waals surface area contributed by atoms with Gasteiger partial charge in [0.2, 0.25) is 5.91 Å². The second kappa shape index (κ2) is 4.34. The van der Waals surface area contributed by atoms with Gasteiger partial charge >= 0.3 is 0 Å². The van der Waals surface area contributed by atoms with Crippen LogP contribution in [0.3, 0.4) is 0 Å². The molecule has 0 bridgehead atoms. The number of carbonyl (C=O) groups excluding carboxylic acids is 1. The Hall–Kier alpha value is -1.89. The van der Waals surface area contributed by atoms with E-state index in [2.05, 4.69) is 16.4 Å². The number of pyridine rings is 1. The maximum Gasteiger partial charge on any atom is 0.232 e. The van der Waals surface area contributed by atoms with Crippen molar-refractivity contribution in [1.29, 1.82) is 5.26 Å². The van der Waals surface area contributed by atoms with Crippen molar-refractivity contribution in [2.24, 2.45) is 0 Å². The third kappa shape index (κ3) is 1.81. The number of amides is 1. The van der Waals surface area contributed by atoms with E-state index in [-0.39, 0.29) is 5.91 Å². The Bertz CT molecular complexity index is 565. The highest BCUT2D eigenvalue weighted by Gasteiger charge is 2.48. The third-order valence-corrected chi connectivity index (χ3v) is 4.20. The van der Waals surface area contributed by atoms with E-state index in [0.29, 0.717) is 18.5 Å². The fraction of sp³-hybridized carbons (Fsp3) is 0.533. The molecule has 0 saturated carbocycles. The number of aromatic nitrogens is 1. The van der Waals surface area contributed by atoms with Crippen molar-refractivity contribution in [1.82, 2.24) is 10.3 Å². The lowest BCUT2D eigenvalue weighted by molar-refractivity contribution is -0.130. The zero-order valence-corrected chi connectivity index (χ0v) is 11.9. The molecule has 0 unspecified atom stereocenters. The molecular weight excluding hydrogens is 238 g/mol. The SMILES string of the molecule is CCC1(CC)C(=O)NC(C)(C)c2ccc(C#N)nc21. The monoisotopic (exact) mass is 257 g/mol. The number of rotatable bonds is 2. The van der Waals surface area contributed by atoms with Crippen molar-refractivity contribution in [3.05, 3.63) is 29.1 Å². The number of fused-ring (bicyclic) bond motifs is 1. The molecule has 0 saturated heterocycles. The Kier molecular flexibility index (Phi) is 3.09. The van der Waals surface area contributed by atoms with E-state index < -0.39 is 11.0 Å². The average molecular weight is 257 g/mol. The summed E-state index contributed by atoms with van der Waals surface area (Å²) in [5, 5.41) is 12.1. The molecule has 1 aliphatic rings. The van der Waals surface area contributed by atoms with Crippen LogP contribution in [0, 0.1) is 11.3 Å². The van der Waals surface area contributed by atoms with E-state index in [1.807, 2.05) is 33.8 Å². The van der Waals surface area contributed by atoms with E-state index >= 15 is 0 Å². The van der Waals surface area contributed by atoms with Gasteiger partial charge in [0, 0.05) is 0 Å². The summed E-state index contributed by atoms with van der Waals surface area (Å²) in [6.07, 6.45) is 1.36. The lowest BCUT2D eigenvalue weighted by Crippen LogP contribution is -2.57. The maximum atomic E-state index is 12.5. The van der Waals surface area contributed by atoms with Gasteiger partial charge in [-0.25, -0.2) is 4.98 Å². The molecule has 0 fully saturated rings. The normalized spacial score (nSPS) is 19.2. The molecule has 0 radical (unpaired) electrons. The molecule has 0 atom stereocenters. The minimum atomic E-state index is -0.613. The first-order valence-corrected chi connectivity index (χ1v) is 6.66. The first-order chi connectivity index (χ1) is 8.91. The zero-order valence-electron chi connectivity index (χ0n) is 11.9. The molecular formula is C15H19N3O. The standard InChI is InChI=1S/C15H19N3O/c1-5-15(6-2)12-11(8-7-10(9-16)17-12)14(3,4)18-13(15)19/h7-8H,5-6H2,1-4H3,(H,18,19). The van der Waals surface area contributed by atoms with Crippen LogP contribution in [0.5, 0.6) is 0 Å². The van der Waals surface area contributed by atoms with E-state index in [9.17, 15) is 4.79 Å². The molecule has 2 heterocycles. The number of nitrogens with zero attached hydrogens (tertiary/aromatic N) is 2. The second-order valence-electron chi connectivity index (χ2n) is 5.57. The lowest BCUT2D eigenvalue weighted by Gasteiger charge is -2.43. The molecule has 0 aliphatic carbocycles. The minimum Gasteiger partial charge on any atom is -0.346 e. The van der Waals surface area contributed by atoms with E-state index in [0.717, 1.165) is 11.3 Å². The van der Waals surface area contributed by atoms with Crippen LogP contribution in [0.25, 0.3) is 0 Å². The lowest BCUT2D eigenvalue weighted by atomic mass is 9.69. The van der Waals surface area contributed by atoms with Gasteiger partial charge in [-0.05, 0) is 38.3 Å². The summed E-state index contributed by atoms with van der Waals surface area (Å²) in [5.41, 5.74) is 1.09. The fourth-order valence-corrected chi connectivity index (χ4v) is 2.87. The van der Waals surface area contributed by atoms with Gasteiger partial charge in [-0.1, -0.05) is 19.9 Å². The summed E-state index contributed by atoms with van der Waals surface area (Å²) in [6, 6.07) is 5.70. The molecule has 1 aromatic heterocycles. The Morgan fingerprint density at radius 2 is 1.95 bits per heavy atom. The van der Waals surface area contributed by atoms with Gasteiger partial charge in [-0.3, -0.25) is 4.79 Å². The molecule has 1 amide bonds. The molecule has 19 heavy (non-hydrogen) atoms. The van der Waals surface area contributed by atoms with E-state index in [1.165, 1.54) is 0 Å². The number of carbonyl (C=O) groups is 1. The number of hydrogen-bond donors (Lipinski definition) is 1. The summed E-state index contributed by atoms with van der Waals surface area (Å²) in [4.78, 5) is 17.0. The van der Waals surface area contributed by atoms with Crippen LogP contribution >= 0.6 is 0 Å². The van der Waals surface area contributed by atoms with Crippen molar-refractivity contribution in [2.75, 3.05) is 0 Å². The molecule has 4 nitrogen and oxygen atoms in total. The van der Waals surface area contributed by atoms with Gasteiger partial charge in [-0.2, -0.15) is 5.26 Å². The van der Waals surface area contributed by atoms with Crippen LogP contribution in [0.1, 0.15) is 57.5 Å². The van der Waals surface area contributed by atoms with Crippen LogP contribution < -0.4 is 5.32 Å². The van der Waals surface area contributed by atoms with Crippen LogP contribution in [-0.4, -0.2) is 10.9 Å². The van der Waals surface area contributed by atoms with Gasteiger partial charge in [0.25, 0.3) is 0 Å².